The molecule has 0 aromatic heterocycles. The molecule has 0 bridgehead atoms. The predicted molar refractivity (Wildman–Crippen MR) is 220 cm³/mol. The highest BCUT2D eigenvalue weighted by molar-refractivity contribution is 7.47. The first-order chi connectivity index (χ1) is 25.8. The number of phosphoric ester groups is 1. The van der Waals surface area contributed by atoms with Crippen LogP contribution >= 0.6 is 7.82 Å². The highest BCUT2D eigenvalue weighted by atomic mass is 31.2. The van der Waals surface area contributed by atoms with Crippen LogP contribution in [-0.4, -0.2) is 49.3 Å². The quantitative estimate of drug-likeness (QED) is 0.0206. The number of carbonyl (C=O) groups excluding carboxylic acids is 2. The van der Waals surface area contributed by atoms with Crippen LogP contribution in [0.4, 0.5) is 0 Å². The Morgan fingerprint density at radius 1 is 0.585 bits per heavy atom. The van der Waals surface area contributed by atoms with Crippen LogP contribution in [0.5, 0.6) is 0 Å². The summed E-state index contributed by atoms with van der Waals surface area (Å²) >= 11 is 0. The van der Waals surface area contributed by atoms with E-state index in [9.17, 15) is 19.0 Å². The Morgan fingerprint density at radius 3 is 1.58 bits per heavy atom. The van der Waals surface area contributed by atoms with Gasteiger partial charge in [-0.2, -0.15) is 0 Å². The highest BCUT2D eigenvalue weighted by Crippen LogP contribution is 2.43. The second kappa shape index (κ2) is 39.7. The number of esters is 2. The van der Waals surface area contributed by atoms with Gasteiger partial charge >= 0.3 is 19.8 Å². The van der Waals surface area contributed by atoms with Crippen molar-refractivity contribution in [3.05, 3.63) is 48.6 Å². The zero-order chi connectivity index (χ0) is 38.9. The van der Waals surface area contributed by atoms with Crippen LogP contribution in [0.3, 0.4) is 0 Å². The van der Waals surface area contributed by atoms with Crippen LogP contribution in [0.2, 0.25) is 0 Å². The van der Waals surface area contributed by atoms with Crippen LogP contribution in [0.15, 0.2) is 48.6 Å². The van der Waals surface area contributed by atoms with Crippen molar-refractivity contribution in [3.63, 3.8) is 0 Å². The molecule has 53 heavy (non-hydrogen) atoms. The van der Waals surface area contributed by atoms with Crippen LogP contribution in [0.25, 0.3) is 0 Å². The molecule has 0 aliphatic rings. The lowest BCUT2D eigenvalue weighted by atomic mass is 10.1. The smallest absolute Gasteiger partial charge is 0.462 e. The number of phosphoric acid groups is 1. The molecule has 1 unspecified atom stereocenters. The normalized spacial score (nSPS) is 13.8. The third kappa shape index (κ3) is 39.5. The first-order valence-corrected chi connectivity index (χ1v) is 22.6. The lowest BCUT2D eigenvalue weighted by Crippen LogP contribution is -2.29. The number of carbonyl (C=O) groups is 2. The zero-order valence-corrected chi connectivity index (χ0v) is 34.6. The summed E-state index contributed by atoms with van der Waals surface area (Å²) in [6.45, 7) is 3.65. The van der Waals surface area contributed by atoms with Crippen molar-refractivity contribution in [1.29, 1.82) is 0 Å². The molecule has 0 radical (unpaired) electrons. The molecule has 0 aromatic carbocycles. The number of allylic oxidation sites excluding steroid dienone is 8. The van der Waals surface area contributed by atoms with Gasteiger partial charge in [-0.3, -0.25) is 18.6 Å². The molecule has 0 spiro atoms. The molecular formula is C43H78NO8P. The Labute approximate surface area is 324 Å². The molecule has 0 aliphatic heterocycles. The summed E-state index contributed by atoms with van der Waals surface area (Å²) in [6, 6.07) is 0. The van der Waals surface area contributed by atoms with E-state index in [0.717, 1.165) is 77.0 Å². The van der Waals surface area contributed by atoms with E-state index >= 15 is 0 Å². The second-order valence-electron chi connectivity index (χ2n) is 13.9. The molecule has 10 heteroatoms. The first-order valence-electron chi connectivity index (χ1n) is 21.1. The molecule has 0 fully saturated rings. The SMILES string of the molecule is CCCCC/C=C/C/C=C/CCCCCCCCCC(=O)OC[C@H](COP(=O)(O)OCCN)OC(=O)CCCCCCC/C=C/C=C/CCCCCC. The molecule has 0 rings (SSSR count). The summed E-state index contributed by atoms with van der Waals surface area (Å²) in [6.07, 6.45) is 44.2. The maximum Gasteiger partial charge on any atom is 0.472 e. The van der Waals surface area contributed by atoms with Gasteiger partial charge in [0, 0.05) is 19.4 Å². The summed E-state index contributed by atoms with van der Waals surface area (Å²) < 4.78 is 32.7. The fourth-order valence-corrected chi connectivity index (χ4v) is 6.30. The largest absolute Gasteiger partial charge is 0.472 e. The molecule has 0 aliphatic carbocycles. The molecule has 0 saturated heterocycles. The van der Waals surface area contributed by atoms with Gasteiger partial charge in [0.1, 0.15) is 6.61 Å². The minimum Gasteiger partial charge on any atom is -0.462 e. The van der Waals surface area contributed by atoms with E-state index in [4.69, 9.17) is 24.3 Å². The Kier molecular flexibility index (Phi) is 38.1. The Balaban J connectivity index is 4.21. The first kappa shape index (κ1) is 51.0. The molecular weight excluding hydrogens is 689 g/mol. The zero-order valence-electron chi connectivity index (χ0n) is 33.7. The highest BCUT2D eigenvalue weighted by Gasteiger charge is 2.26. The lowest BCUT2D eigenvalue weighted by Gasteiger charge is -2.19. The topological polar surface area (TPSA) is 134 Å². The van der Waals surface area contributed by atoms with E-state index in [-0.39, 0.29) is 32.6 Å². The van der Waals surface area contributed by atoms with Crippen LogP contribution in [0, 0.1) is 0 Å². The number of hydrogen-bond acceptors (Lipinski definition) is 8. The van der Waals surface area contributed by atoms with Gasteiger partial charge in [-0.05, 0) is 70.6 Å². The van der Waals surface area contributed by atoms with E-state index in [0.29, 0.717) is 6.42 Å². The molecule has 0 saturated carbocycles. The van der Waals surface area contributed by atoms with Crippen molar-refractivity contribution in [3.8, 4) is 0 Å². The minimum atomic E-state index is -4.38. The van der Waals surface area contributed by atoms with Gasteiger partial charge in [0.05, 0.1) is 13.2 Å². The summed E-state index contributed by atoms with van der Waals surface area (Å²) in [5, 5.41) is 0. The predicted octanol–water partition coefficient (Wildman–Crippen LogP) is 11.9. The van der Waals surface area contributed by atoms with Crippen molar-refractivity contribution in [2.75, 3.05) is 26.4 Å². The molecule has 308 valence electrons. The minimum absolute atomic E-state index is 0.0480. The molecule has 9 nitrogen and oxygen atoms in total. The van der Waals surface area contributed by atoms with Gasteiger partial charge in [0.25, 0.3) is 0 Å². The Hall–Kier alpha value is -2.03. The summed E-state index contributed by atoms with van der Waals surface area (Å²) in [4.78, 5) is 34.8. The average Bonchev–Trinajstić information content (AvgIpc) is 3.14. The molecule has 0 aromatic rings. The lowest BCUT2D eigenvalue weighted by molar-refractivity contribution is -0.161. The average molecular weight is 768 g/mol. The summed E-state index contributed by atoms with van der Waals surface area (Å²) in [5.74, 6) is -0.857. The monoisotopic (exact) mass is 768 g/mol. The van der Waals surface area contributed by atoms with Crippen molar-refractivity contribution < 1.29 is 37.6 Å². The molecule has 0 heterocycles. The molecule has 0 amide bonds. The second-order valence-corrected chi connectivity index (χ2v) is 15.3. The summed E-state index contributed by atoms with van der Waals surface area (Å²) in [7, 11) is -4.38. The van der Waals surface area contributed by atoms with Gasteiger partial charge in [0.2, 0.25) is 0 Å². The standard InChI is InChI=1S/C43H78NO8P/c1-3-5-7-9-11-13-15-17-19-20-22-23-25-27-29-31-33-35-42(45)49-39-41(40-51-53(47,48)50-38-37-44)52-43(46)36-34-32-30-28-26-24-21-18-16-14-12-10-8-6-4-2/h11,13-14,16-19,21,41H,3-10,12,15,20,22-40,44H2,1-2H3,(H,47,48)/b13-11+,16-14+,19-17+,21-18+/t41-/m1/s1. The third-order valence-electron chi connectivity index (χ3n) is 8.72. The Bertz CT molecular complexity index is 1010. The van der Waals surface area contributed by atoms with E-state index < -0.39 is 32.5 Å². The van der Waals surface area contributed by atoms with Gasteiger partial charge in [-0.25, -0.2) is 4.57 Å². The maximum absolute atomic E-state index is 12.6. The fourth-order valence-electron chi connectivity index (χ4n) is 5.54. The number of rotatable bonds is 39. The van der Waals surface area contributed by atoms with Crippen molar-refractivity contribution in [2.24, 2.45) is 5.73 Å². The molecule has 2 atom stereocenters. The van der Waals surface area contributed by atoms with E-state index in [1.807, 2.05) is 0 Å². The maximum atomic E-state index is 12.6. The van der Waals surface area contributed by atoms with Crippen molar-refractivity contribution in [2.45, 2.75) is 187 Å². The number of ether oxygens (including phenoxy) is 2. The van der Waals surface area contributed by atoms with E-state index in [1.54, 1.807) is 0 Å². The van der Waals surface area contributed by atoms with E-state index in [2.05, 4.69) is 62.5 Å². The van der Waals surface area contributed by atoms with Gasteiger partial charge in [-0.1, -0.05) is 146 Å². The number of hydrogen-bond donors (Lipinski definition) is 2. The van der Waals surface area contributed by atoms with Crippen LogP contribution in [-0.2, 0) is 32.7 Å². The van der Waals surface area contributed by atoms with Crippen molar-refractivity contribution >= 4 is 19.8 Å². The van der Waals surface area contributed by atoms with Crippen molar-refractivity contribution in [1.82, 2.24) is 0 Å². The fraction of sp³-hybridized carbons (Fsp3) is 0.767. The van der Waals surface area contributed by atoms with Gasteiger partial charge in [-0.15, -0.1) is 0 Å². The third-order valence-corrected chi connectivity index (χ3v) is 9.70. The van der Waals surface area contributed by atoms with Crippen LogP contribution in [0.1, 0.15) is 181 Å². The summed E-state index contributed by atoms with van der Waals surface area (Å²) in [5.41, 5.74) is 5.34. The van der Waals surface area contributed by atoms with Gasteiger partial charge in [0.15, 0.2) is 6.10 Å². The van der Waals surface area contributed by atoms with Crippen LogP contribution < -0.4 is 5.73 Å². The number of nitrogens with two attached hydrogens (primary N) is 1. The number of unbranched alkanes of at least 4 members (excludes halogenated alkanes) is 19. The van der Waals surface area contributed by atoms with Gasteiger partial charge < -0.3 is 20.1 Å². The Morgan fingerprint density at radius 2 is 1.04 bits per heavy atom. The van der Waals surface area contributed by atoms with E-state index in [1.165, 1.54) is 70.6 Å². The molecule has 3 N–H and O–H groups in total.